The molecule has 7 nitrogen and oxygen atoms in total. The highest BCUT2D eigenvalue weighted by molar-refractivity contribution is 9.13. The van der Waals surface area contributed by atoms with Gasteiger partial charge in [0.1, 0.15) is 10.2 Å². The van der Waals surface area contributed by atoms with Crippen molar-refractivity contribution in [1.29, 1.82) is 0 Å². The summed E-state index contributed by atoms with van der Waals surface area (Å²) in [5.41, 5.74) is 0.0727. The van der Waals surface area contributed by atoms with E-state index in [4.69, 9.17) is 4.74 Å². The van der Waals surface area contributed by atoms with E-state index in [0.717, 1.165) is 0 Å². The number of halogens is 2. The Morgan fingerprint density at radius 2 is 2.14 bits per heavy atom. The predicted molar refractivity (Wildman–Crippen MR) is 82.6 cm³/mol. The summed E-state index contributed by atoms with van der Waals surface area (Å²) in [5, 5.41) is 14.8. The predicted octanol–water partition coefficient (Wildman–Crippen LogP) is 2.73. The summed E-state index contributed by atoms with van der Waals surface area (Å²) in [6.45, 7) is 0.0650. The van der Waals surface area contributed by atoms with Crippen molar-refractivity contribution in [3.63, 3.8) is 0 Å². The molecule has 1 aromatic carbocycles. The van der Waals surface area contributed by atoms with Crippen LogP contribution in [0.25, 0.3) is 0 Å². The van der Waals surface area contributed by atoms with Crippen molar-refractivity contribution < 1.29 is 9.66 Å². The van der Waals surface area contributed by atoms with E-state index in [1.165, 1.54) is 36.2 Å². The Kier molecular flexibility index (Phi) is 4.73. The Labute approximate surface area is 135 Å². The summed E-state index contributed by atoms with van der Waals surface area (Å²) in [6, 6.07) is 4.20. The van der Waals surface area contributed by atoms with Crippen LogP contribution in [0, 0.1) is 10.1 Å². The highest BCUT2D eigenvalue weighted by Crippen LogP contribution is 2.24. The van der Waals surface area contributed by atoms with Crippen LogP contribution in [-0.4, -0.2) is 21.8 Å². The standard InChI is InChI=1S/C12H9Br2N3O4/c1-21-10-3-2-8(17(19)20)4-7(10)6-16-12(18)11(14)9(13)5-15-16/h2-5H,6H2,1H3. The van der Waals surface area contributed by atoms with Gasteiger partial charge in [0, 0.05) is 17.7 Å². The van der Waals surface area contributed by atoms with E-state index in [9.17, 15) is 14.9 Å². The zero-order valence-corrected chi connectivity index (χ0v) is 13.9. The van der Waals surface area contributed by atoms with Crippen molar-refractivity contribution in [2.24, 2.45) is 0 Å². The zero-order valence-electron chi connectivity index (χ0n) is 10.7. The van der Waals surface area contributed by atoms with Gasteiger partial charge in [-0.05, 0) is 37.9 Å². The van der Waals surface area contributed by atoms with E-state index < -0.39 is 4.92 Å². The van der Waals surface area contributed by atoms with Gasteiger partial charge < -0.3 is 4.74 Å². The van der Waals surface area contributed by atoms with Gasteiger partial charge in [-0.3, -0.25) is 14.9 Å². The monoisotopic (exact) mass is 417 g/mol. The molecule has 0 amide bonds. The Bertz CT molecular complexity index is 761. The molecule has 1 aromatic heterocycles. The van der Waals surface area contributed by atoms with E-state index >= 15 is 0 Å². The second-order valence-corrected chi connectivity index (χ2v) is 5.67. The molecule has 0 fully saturated rings. The fourth-order valence-corrected chi connectivity index (χ4v) is 2.29. The normalized spacial score (nSPS) is 10.4. The van der Waals surface area contributed by atoms with Crippen molar-refractivity contribution in [2.75, 3.05) is 7.11 Å². The molecule has 110 valence electrons. The lowest BCUT2D eigenvalue weighted by Gasteiger charge is -2.10. The van der Waals surface area contributed by atoms with Gasteiger partial charge in [0.05, 0.1) is 29.2 Å². The maximum Gasteiger partial charge on any atom is 0.282 e. The second-order valence-electron chi connectivity index (χ2n) is 4.02. The Morgan fingerprint density at radius 3 is 2.76 bits per heavy atom. The van der Waals surface area contributed by atoms with Crippen LogP contribution in [0.4, 0.5) is 5.69 Å². The molecule has 21 heavy (non-hydrogen) atoms. The van der Waals surface area contributed by atoms with E-state index in [1.54, 1.807) is 0 Å². The summed E-state index contributed by atoms with van der Waals surface area (Å²) in [5.74, 6) is 0.452. The van der Waals surface area contributed by atoms with Crippen LogP contribution in [0.1, 0.15) is 5.56 Å². The first-order chi connectivity index (χ1) is 9.93. The molecule has 0 saturated heterocycles. The number of rotatable bonds is 4. The first-order valence-electron chi connectivity index (χ1n) is 5.66. The van der Waals surface area contributed by atoms with Gasteiger partial charge in [0.25, 0.3) is 11.2 Å². The van der Waals surface area contributed by atoms with Crippen LogP contribution < -0.4 is 10.3 Å². The fourth-order valence-electron chi connectivity index (χ4n) is 1.72. The largest absolute Gasteiger partial charge is 0.496 e. The number of ether oxygens (including phenoxy) is 1. The zero-order chi connectivity index (χ0) is 15.6. The lowest BCUT2D eigenvalue weighted by molar-refractivity contribution is -0.384. The van der Waals surface area contributed by atoms with Crippen molar-refractivity contribution in [2.45, 2.75) is 6.54 Å². The molecule has 0 atom stereocenters. The fraction of sp³-hybridized carbons (Fsp3) is 0.167. The van der Waals surface area contributed by atoms with E-state index in [0.29, 0.717) is 20.3 Å². The third-order valence-corrected chi connectivity index (χ3v) is 4.64. The van der Waals surface area contributed by atoms with Gasteiger partial charge in [-0.15, -0.1) is 0 Å². The minimum absolute atomic E-state index is 0.0650. The van der Waals surface area contributed by atoms with Crippen LogP contribution in [0.3, 0.4) is 0 Å². The molecule has 0 spiro atoms. The third kappa shape index (κ3) is 3.30. The molecule has 0 saturated carbocycles. The molecule has 0 aliphatic heterocycles. The molecule has 0 bridgehead atoms. The number of methoxy groups -OCH3 is 1. The second kappa shape index (κ2) is 6.35. The molecule has 2 aromatic rings. The number of benzene rings is 1. The van der Waals surface area contributed by atoms with Crippen molar-refractivity contribution in [3.8, 4) is 5.75 Å². The van der Waals surface area contributed by atoms with Crippen molar-refractivity contribution in [3.05, 3.63) is 59.4 Å². The van der Waals surface area contributed by atoms with E-state index in [-0.39, 0.29) is 17.8 Å². The molecule has 1 heterocycles. The molecular formula is C12H9Br2N3O4. The van der Waals surface area contributed by atoms with Crippen molar-refractivity contribution >= 4 is 37.5 Å². The summed E-state index contributed by atoms with van der Waals surface area (Å²) in [6.07, 6.45) is 1.47. The number of non-ortho nitro benzene ring substituents is 1. The lowest BCUT2D eigenvalue weighted by Crippen LogP contribution is -2.24. The molecule has 0 unspecified atom stereocenters. The average molecular weight is 419 g/mol. The van der Waals surface area contributed by atoms with Crippen LogP contribution in [0.15, 0.2) is 38.1 Å². The minimum Gasteiger partial charge on any atom is -0.496 e. The van der Waals surface area contributed by atoms with Gasteiger partial charge in [-0.2, -0.15) is 5.10 Å². The summed E-state index contributed by atoms with van der Waals surface area (Å²) in [7, 11) is 1.46. The Morgan fingerprint density at radius 1 is 1.43 bits per heavy atom. The molecule has 0 N–H and O–H groups in total. The van der Waals surface area contributed by atoms with Crippen LogP contribution in [-0.2, 0) is 6.54 Å². The summed E-state index contributed by atoms with van der Waals surface area (Å²) < 4.78 is 7.22. The van der Waals surface area contributed by atoms with Gasteiger partial charge in [0.15, 0.2) is 0 Å². The number of nitro benzene ring substituents is 1. The van der Waals surface area contributed by atoms with Gasteiger partial charge in [-0.1, -0.05) is 0 Å². The van der Waals surface area contributed by atoms with E-state index in [1.807, 2.05) is 0 Å². The maximum absolute atomic E-state index is 12.1. The first kappa shape index (κ1) is 15.6. The summed E-state index contributed by atoms with van der Waals surface area (Å²) >= 11 is 6.34. The number of aromatic nitrogens is 2. The van der Waals surface area contributed by atoms with Gasteiger partial charge in [0.2, 0.25) is 0 Å². The van der Waals surface area contributed by atoms with E-state index in [2.05, 4.69) is 37.0 Å². The quantitative estimate of drug-likeness (QED) is 0.562. The van der Waals surface area contributed by atoms with Gasteiger partial charge in [-0.25, -0.2) is 4.68 Å². The minimum atomic E-state index is -0.503. The number of nitro groups is 1. The Balaban J connectivity index is 2.48. The van der Waals surface area contributed by atoms with Crippen LogP contribution in [0.5, 0.6) is 5.75 Å². The molecule has 2 rings (SSSR count). The van der Waals surface area contributed by atoms with Gasteiger partial charge >= 0.3 is 0 Å². The number of hydrogen-bond donors (Lipinski definition) is 0. The molecular weight excluding hydrogens is 410 g/mol. The van der Waals surface area contributed by atoms with Crippen molar-refractivity contribution in [1.82, 2.24) is 9.78 Å². The molecule has 0 radical (unpaired) electrons. The van der Waals surface area contributed by atoms with Crippen LogP contribution >= 0.6 is 31.9 Å². The third-order valence-electron chi connectivity index (χ3n) is 2.74. The smallest absolute Gasteiger partial charge is 0.282 e. The molecule has 0 aliphatic rings. The topological polar surface area (TPSA) is 87.3 Å². The van der Waals surface area contributed by atoms with Crippen LogP contribution in [0.2, 0.25) is 0 Å². The molecule has 0 aliphatic carbocycles. The SMILES string of the molecule is COc1ccc([N+](=O)[O-])cc1Cn1ncc(Br)c(Br)c1=O. The number of nitrogens with zero attached hydrogens (tertiary/aromatic N) is 3. The maximum atomic E-state index is 12.1. The summed E-state index contributed by atoms with van der Waals surface area (Å²) in [4.78, 5) is 22.4. The lowest BCUT2D eigenvalue weighted by atomic mass is 10.1. The first-order valence-corrected chi connectivity index (χ1v) is 7.25. The highest BCUT2D eigenvalue weighted by Gasteiger charge is 2.14. The number of hydrogen-bond acceptors (Lipinski definition) is 5. The molecule has 9 heteroatoms. The average Bonchev–Trinajstić information content (AvgIpc) is 2.47. The Hall–Kier alpha value is -1.74. The highest BCUT2D eigenvalue weighted by atomic mass is 79.9.